The van der Waals surface area contributed by atoms with Crippen molar-refractivity contribution in [1.29, 1.82) is 0 Å². The smallest absolute Gasteiger partial charge is 0.342 e. The van der Waals surface area contributed by atoms with Crippen LogP contribution in [0, 0.1) is 0 Å². The topological polar surface area (TPSA) is 39.2 Å². The van der Waals surface area contributed by atoms with E-state index in [9.17, 15) is 4.79 Å². The molecular weight excluding hydrogens is 233 g/mol. The SMILES string of the molecule is O=C(OCl)c1cccc(Br)n1. The molecule has 0 aromatic carbocycles. The van der Waals surface area contributed by atoms with E-state index >= 15 is 0 Å². The molecule has 3 nitrogen and oxygen atoms in total. The van der Waals surface area contributed by atoms with Crippen molar-refractivity contribution in [2.45, 2.75) is 0 Å². The minimum atomic E-state index is -0.659. The lowest BCUT2D eigenvalue weighted by atomic mass is 10.4. The van der Waals surface area contributed by atoms with E-state index in [2.05, 4.69) is 25.2 Å². The van der Waals surface area contributed by atoms with E-state index < -0.39 is 5.97 Å². The van der Waals surface area contributed by atoms with Crippen LogP contribution in [0.1, 0.15) is 10.5 Å². The lowest BCUT2D eigenvalue weighted by molar-refractivity contribution is 0.0745. The maximum Gasteiger partial charge on any atom is 0.375 e. The van der Waals surface area contributed by atoms with Crippen molar-refractivity contribution in [3.8, 4) is 0 Å². The third-order valence-corrected chi connectivity index (χ3v) is 1.58. The highest BCUT2D eigenvalue weighted by Crippen LogP contribution is 2.07. The molecule has 0 aliphatic carbocycles. The summed E-state index contributed by atoms with van der Waals surface area (Å²) >= 11 is 7.93. The van der Waals surface area contributed by atoms with Crippen molar-refractivity contribution in [3.05, 3.63) is 28.5 Å². The van der Waals surface area contributed by atoms with Gasteiger partial charge in [0.05, 0.1) is 0 Å². The summed E-state index contributed by atoms with van der Waals surface area (Å²) in [7, 11) is 0. The first-order valence-electron chi connectivity index (χ1n) is 2.69. The van der Waals surface area contributed by atoms with E-state index in [1.165, 1.54) is 6.07 Å². The van der Waals surface area contributed by atoms with Gasteiger partial charge < -0.3 is 4.29 Å². The number of pyridine rings is 1. The summed E-state index contributed by atoms with van der Waals surface area (Å²) in [6.07, 6.45) is 0. The van der Waals surface area contributed by atoms with Crippen LogP contribution >= 0.6 is 27.8 Å². The molecule has 0 unspecified atom stereocenters. The molecule has 11 heavy (non-hydrogen) atoms. The minimum Gasteiger partial charge on any atom is -0.342 e. The van der Waals surface area contributed by atoms with Crippen molar-refractivity contribution in [2.75, 3.05) is 0 Å². The fraction of sp³-hybridized carbons (Fsp3) is 0. The fourth-order valence-electron chi connectivity index (χ4n) is 0.561. The van der Waals surface area contributed by atoms with Crippen molar-refractivity contribution in [1.82, 2.24) is 4.98 Å². The van der Waals surface area contributed by atoms with Crippen LogP contribution in [0.4, 0.5) is 0 Å². The highest BCUT2D eigenvalue weighted by atomic mass is 79.9. The van der Waals surface area contributed by atoms with Crippen LogP contribution in [0.5, 0.6) is 0 Å². The molecule has 0 aliphatic heterocycles. The van der Waals surface area contributed by atoms with E-state index in [1.54, 1.807) is 12.1 Å². The van der Waals surface area contributed by atoms with Crippen LogP contribution in [0.3, 0.4) is 0 Å². The Kier molecular flexibility index (Phi) is 2.84. The van der Waals surface area contributed by atoms with Gasteiger partial charge in [0.1, 0.15) is 16.5 Å². The second-order valence-corrected chi connectivity index (χ2v) is 2.68. The molecule has 0 amide bonds. The monoisotopic (exact) mass is 235 g/mol. The van der Waals surface area contributed by atoms with E-state index in [-0.39, 0.29) is 5.69 Å². The Labute approximate surface area is 76.6 Å². The Morgan fingerprint density at radius 2 is 2.36 bits per heavy atom. The number of halogens is 2. The van der Waals surface area contributed by atoms with Crippen molar-refractivity contribution >= 4 is 33.8 Å². The molecule has 5 heteroatoms. The largest absolute Gasteiger partial charge is 0.375 e. The second-order valence-electron chi connectivity index (χ2n) is 1.71. The summed E-state index contributed by atoms with van der Waals surface area (Å²) in [5.41, 5.74) is 0.175. The van der Waals surface area contributed by atoms with E-state index in [0.717, 1.165) is 0 Å². The normalized spacial score (nSPS) is 9.27. The Bertz CT molecular complexity index is 279. The third kappa shape index (κ3) is 2.17. The van der Waals surface area contributed by atoms with E-state index in [0.29, 0.717) is 4.60 Å². The Balaban J connectivity index is 2.96. The zero-order valence-electron chi connectivity index (χ0n) is 5.25. The van der Waals surface area contributed by atoms with Crippen LogP contribution in [0.15, 0.2) is 22.8 Å². The number of carbonyl (C=O) groups excluding carboxylic acids is 1. The first kappa shape index (κ1) is 8.49. The van der Waals surface area contributed by atoms with Crippen molar-refractivity contribution in [3.63, 3.8) is 0 Å². The Hall–Kier alpha value is -0.610. The molecule has 0 N–H and O–H groups in total. The first-order chi connectivity index (χ1) is 5.24. The number of hydrogen-bond donors (Lipinski definition) is 0. The van der Waals surface area contributed by atoms with Crippen molar-refractivity contribution < 1.29 is 9.08 Å². The maximum atomic E-state index is 10.7. The van der Waals surface area contributed by atoms with Gasteiger partial charge in [-0.15, -0.1) is 0 Å². The average molecular weight is 236 g/mol. The first-order valence-corrected chi connectivity index (χ1v) is 3.79. The van der Waals surface area contributed by atoms with Crippen LogP contribution in [-0.4, -0.2) is 11.0 Å². The van der Waals surface area contributed by atoms with Gasteiger partial charge in [-0.05, 0) is 28.1 Å². The minimum absolute atomic E-state index is 0.175. The molecule has 1 aromatic rings. The number of carbonyl (C=O) groups is 1. The zero-order valence-corrected chi connectivity index (χ0v) is 7.59. The lowest BCUT2D eigenvalue weighted by Gasteiger charge is -1.94. The number of rotatable bonds is 1. The van der Waals surface area contributed by atoms with Crippen LogP contribution in [0.2, 0.25) is 0 Å². The number of hydrogen-bond acceptors (Lipinski definition) is 3. The van der Waals surface area contributed by atoms with Gasteiger partial charge in [-0.2, -0.15) is 0 Å². The Morgan fingerprint density at radius 1 is 1.64 bits per heavy atom. The van der Waals surface area contributed by atoms with Gasteiger partial charge in [0.15, 0.2) is 5.69 Å². The molecule has 0 fully saturated rings. The molecule has 0 radical (unpaired) electrons. The summed E-state index contributed by atoms with van der Waals surface area (Å²) in [4.78, 5) is 14.5. The van der Waals surface area contributed by atoms with Gasteiger partial charge in [-0.1, -0.05) is 6.07 Å². The molecule has 1 aromatic heterocycles. The summed E-state index contributed by atoms with van der Waals surface area (Å²) in [6, 6.07) is 4.88. The molecule has 0 aliphatic rings. The molecule has 0 bridgehead atoms. The van der Waals surface area contributed by atoms with Gasteiger partial charge >= 0.3 is 5.97 Å². The molecule has 0 atom stereocenters. The maximum absolute atomic E-state index is 10.7. The summed E-state index contributed by atoms with van der Waals surface area (Å²) in [6.45, 7) is 0. The van der Waals surface area contributed by atoms with Gasteiger partial charge in [0.25, 0.3) is 0 Å². The average Bonchev–Trinajstić information content (AvgIpc) is 2.03. The van der Waals surface area contributed by atoms with Gasteiger partial charge in [-0.3, -0.25) is 0 Å². The predicted molar refractivity (Wildman–Crippen MR) is 43.2 cm³/mol. The van der Waals surface area contributed by atoms with Gasteiger partial charge in [0.2, 0.25) is 0 Å². The van der Waals surface area contributed by atoms with Crippen LogP contribution in [-0.2, 0) is 4.29 Å². The van der Waals surface area contributed by atoms with E-state index in [1.807, 2.05) is 0 Å². The van der Waals surface area contributed by atoms with Gasteiger partial charge in [-0.25, -0.2) is 9.78 Å². The summed E-state index contributed by atoms with van der Waals surface area (Å²) in [5, 5.41) is 0. The second kappa shape index (κ2) is 3.69. The molecule has 58 valence electrons. The molecular formula is C6H3BrClNO2. The number of nitrogens with zero attached hydrogens (tertiary/aromatic N) is 1. The predicted octanol–water partition coefficient (Wildman–Crippen LogP) is 2.15. The van der Waals surface area contributed by atoms with Gasteiger partial charge in [0, 0.05) is 0 Å². The highest BCUT2D eigenvalue weighted by molar-refractivity contribution is 9.10. The summed E-state index contributed by atoms with van der Waals surface area (Å²) < 4.78 is 4.51. The van der Waals surface area contributed by atoms with Crippen LogP contribution < -0.4 is 0 Å². The molecule has 1 rings (SSSR count). The third-order valence-electron chi connectivity index (χ3n) is 0.994. The van der Waals surface area contributed by atoms with Crippen LogP contribution in [0.25, 0.3) is 0 Å². The molecule has 0 saturated carbocycles. The quantitative estimate of drug-likeness (QED) is 0.702. The highest BCUT2D eigenvalue weighted by Gasteiger charge is 2.07. The molecule has 0 saturated heterocycles. The van der Waals surface area contributed by atoms with E-state index in [4.69, 9.17) is 11.9 Å². The summed E-state index contributed by atoms with van der Waals surface area (Å²) in [5.74, 6) is -0.659. The number of aromatic nitrogens is 1. The molecule has 0 spiro atoms. The molecule has 1 heterocycles. The zero-order chi connectivity index (χ0) is 8.27. The fourth-order valence-corrected chi connectivity index (χ4v) is 0.984. The standard InChI is InChI=1S/C6H3BrClNO2/c7-5-3-1-2-4(9-5)6(10)11-8/h1-3H. The van der Waals surface area contributed by atoms with Crippen molar-refractivity contribution in [2.24, 2.45) is 0 Å². The lowest BCUT2D eigenvalue weighted by Crippen LogP contribution is -2.00. The Morgan fingerprint density at radius 3 is 2.91 bits per heavy atom.